The third kappa shape index (κ3) is 3.62. The highest BCUT2D eigenvalue weighted by Gasteiger charge is 2.35. The number of halogens is 3. The molecule has 2 rings (SSSR count). The van der Waals surface area contributed by atoms with Gasteiger partial charge in [0.2, 0.25) is 11.8 Å². The van der Waals surface area contributed by atoms with Crippen molar-refractivity contribution in [2.75, 3.05) is 7.05 Å². The number of hydrogen-bond acceptors (Lipinski definition) is 5. The lowest BCUT2D eigenvalue weighted by atomic mass is 10.0. The fourth-order valence-electron chi connectivity index (χ4n) is 1.95. The van der Waals surface area contributed by atoms with Crippen molar-refractivity contribution in [2.24, 2.45) is 0 Å². The summed E-state index contributed by atoms with van der Waals surface area (Å²) in [6.45, 7) is 0. The maximum absolute atomic E-state index is 12.4. The fourth-order valence-corrected chi connectivity index (χ4v) is 2.75. The summed E-state index contributed by atoms with van der Waals surface area (Å²) >= 11 is 0.727. The average molecular weight is 335 g/mol. The third-order valence-corrected chi connectivity index (χ3v) is 3.99. The minimum absolute atomic E-state index is 0.0116. The zero-order valence-corrected chi connectivity index (χ0v) is 12.3. The minimum atomic E-state index is -4.55. The lowest BCUT2D eigenvalue weighted by molar-refractivity contribution is -0.149. The largest absolute Gasteiger partial charge is 0.434 e. The number of thiazole rings is 1. The van der Waals surface area contributed by atoms with Crippen LogP contribution in [0.2, 0.25) is 0 Å². The first-order chi connectivity index (χ1) is 10.2. The number of amides is 3. The highest BCUT2D eigenvalue weighted by molar-refractivity contribution is 7.09. The number of alkyl halides is 3. The molecule has 6 nitrogen and oxygen atoms in total. The first kappa shape index (κ1) is 16.4. The number of nitrogens with one attached hydrogen (secondary N) is 1. The number of likely N-dealkylation sites (tertiary alicyclic amines) is 1. The van der Waals surface area contributed by atoms with E-state index in [0.717, 1.165) is 21.6 Å². The van der Waals surface area contributed by atoms with Gasteiger partial charge in [0.25, 0.3) is 5.91 Å². The number of imide groups is 1. The summed E-state index contributed by atoms with van der Waals surface area (Å²) in [5.74, 6) is -1.46. The van der Waals surface area contributed by atoms with Crippen molar-refractivity contribution < 1.29 is 27.6 Å². The first-order valence-corrected chi connectivity index (χ1v) is 7.18. The summed E-state index contributed by atoms with van der Waals surface area (Å²) < 4.78 is 37.2. The van der Waals surface area contributed by atoms with E-state index in [4.69, 9.17) is 0 Å². The quantitative estimate of drug-likeness (QED) is 0.835. The van der Waals surface area contributed by atoms with Crippen molar-refractivity contribution in [3.8, 4) is 0 Å². The minimum Gasteiger partial charge on any atom is -0.344 e. The molecule has 10 heteroatoms. The molecule has 1 aliphatic heterocycles. The van der Waals surface area contributed by atoms with Gasteiger partial charge in [-0.3, -0.25) is 19.3 Å². The molecule has 2 heterocycles. The van der Waals surface area contributed by atoms with E-state index in [-0.39, 0.29) is 30.2 Å². The molecule has 0 radical (unpaired) electrons. The average Bonchev–Trinajstić information content (AvgIpc) is 2.88. The number of carbonyl (C=O) groups excluding carboxylic acids is 3. The standard InChI is InChI=1S/C12H12F3N3O3S/c1-18-10(20)3-2-6(11(18)21)16-8(19)4-9-17-7(5-22-9)12(13,14)15/h5-6H,2-4H2,1H3,(H,16,19). The van der Waals surface area contributed by atoms with E-state index in [2.05, 4.69) is 10.3 Å². The van der Waals surface area contributed by atoms with Crippen LogP contribution < -0.4 is 5.32 Å². The second-order valence-electron chi connectivity index (χ2n) is 4.75. The van der Waals surface area contributed by atoms with Crippen LogP contribution in [0.25, 0.3) is 0 Å². The van der Waals surface area contributed by atoms with Crippen LogP contribution in [0.15, 0.2) is 5.38 Å². The molecule has 1 aromatic rings. The Morgan fingerprint density at radius 2 is 2.18 bits per heavy atom. The lowest BCUT2D eigenvalue weighted by Crippen LogP contribution is -2.53. The molecule has 22 heavy (non-hydrogen) atoms. The van der Waals surface area contributed by atoms with Crippen LogP contribution in [0.5, 0.6) is 0 Å². The van der Waals surface area contributed by atoms with E-state index in [9.17, 15) is 27.6 Å². The van der Waals surface area contributed by atoms with Crippen LogP contribution in [-0.2, 0) is 27.0 Å². The van der Waals surface area contributed by atoms with Crippen molar-refractivity contribution in [2.45, 2.75) is 31.5 Å². The van der Waals surface area contributed by atoms with Crippen molar-refractivity contribution in [1.29, 1.82) is 0 Å². The Morgan fingerprint density at radius 1 is 1.50 bits per heavy atom. The predicted octanol–water partition coefficient (Wildman–Crippen LogP) is 0.968. The van der Waals surface area contributed by atoms with Crippen molar-refractivity contribution in [3.05, 3.63) is 16.1 Å². The molecule has 0 spiro atoms. The number of likely N-dealkylation sites (N-methyl/N-ethyl adjacent to an activating group) is 1. The van der Waals surface area contributed by atoms with E-state index in [1.807, 2.05) is 0 Å². The normalized spacial score (nSPS) is 19.5. The number of hydrogen-bond donors (Lipinski definition) is 1. The molecule has 0 aliphatic carbocycles. The van der Waals surface area contributed by atoms with E-state index < -0.39 is 29.7 Å². The SMILES string of the molecule is CN1C(=O)CCC(NC(=O)Cc2nc(C(F)(F)F)cs2)C1=O. The van der Waals surface area contributed by atoms with Gasteiger partial charge in [0.1, 0.15) is 11.0 Å². The Morgan fingerprint density at radius 3 is 2.77 bits per heavy atom. The summed E-state index contributed by atoms with van der Waals surface area (Å²) in [5, 5.41) is 3.26. The molecule has 0 saturated carbocycles. The van der Waals surface area contributed by atoms with Crippen LogP contribution in [0.1, 0.15) is 23.5 Å². The monoisotopic (exact) mass is 335 g/mol. The topological polar surface area (TPSA) is 79.4 Å². The van der Waals surface area contributed by atoms with E-state index in [1.165, 1.54) is 7.05 Å². The van der Waals surface area contributed by atoms with E-state index in [1.54, 1.807) is 0 Å². The lowest BCUT2D eigenvalue weighted by Gasteiger charge is -2.28. The zero-order valence-electron chi connectivity index (χ0n) is 11.4. The Balaban J connectivity index is 1.95. The molecule has 3 amide bonds. The molecule has 1 N–H and O–H groups in total. The number of aromatic nitrogens is 1. The van der Waals surface area contributed by atoms with Gasteiger partial charge in [-0.05, 0) is 6.42 Å². The molecular formula is C12H12F3N3O3S. The number of carbonyl (C=O) groups is 3. The van der Waals surface area contributed by atoms with Crippen LogP contribution >= 0.6 is 11.3 Å². The highest BCUT2D eigenvalue weighted by atomic mass is 32.1. The maximum atomic E-state index is 12.4. The summed E-state index contributed by atoms with van der Waals surface area (Å²) in [5.41, 5.74) is -1.04. The van der Waals surface area contributed by atoms with Crippen molar-refractivity contribution >= 4 is 29.1 Å². The summed E-state index contributed by atoms with van der Waals surface area (Å²) in [6.07, 6.45) is -4.59. The van der Waals surface area contributed by atoms with Crippen LogP contribution in [0.3, 0.4) is 0 Å². The fraction of sp³-hybridized carbons (Fsp3) is 0.500. The van der Waals surface area contributed by atoms with Gasteiger partial charge in [0.15, 0.2) is 5.69 Å². The molecule has 1 aromatic heterocycles. The number of rotatable bonds is 3. The van der Waals surface area contributed by atoms with Gasteiger partial charge < -0.3 is 5.32 Å². The van der Waals surface area contributed by atoms with Gasteiger partial charge in [0, 0.05) is 18.8 Å². The summed E-state index contributed by atoms with van der Waals surface area (Å²) in [4.78, 5) is 39.2. The van der Waals surface area contributed by atoms with Crippen molar-refractivity contribution in [3.63, 3.8) is 0 Å². The van der Waals surface area contributed by atoms with Gasteiger partial charge in [-0.2, -0.15) is 13.2 Å². The number of nitrogens with zero attached hydrogens (tertiary/aromatic N) is 2. The predicted molar refractivity (Wildman–Crippen MR) is 69.8 cm³/mol. The molecular weight excluding hydrogens is 323 g/mol. The second kappa shape index (κ2) is 6.03. The molecule has 1 saturated heterocycles. The van der Waals surface area contributed by atoms with Gasteiger partial charge in [0.05, 0.1) is 6.42 Å². The maximum Gasteiger partial charge on any atom is 0.434 e. The van der Waals surface area contributed by atoms with Crippen LogP contribution in [0, 0.1) is 0 Å². The molecule has 1 atom stereocenters. The molecule has 0 aromatic carbocycles. The Bertz CT molecular complexity index is 614. The number of piperidine rings is 1. The molecule has 120 valence electrons. The van der Waals surface area contributed by atoms with Gasteiger partial charge in [-0.1, -0.05) is 0 Å². The molecule has 1 aliphatic rings. The Hall–Kier alpha value is -1.97. The molecule has 0 bridgehead atoms. The zero-order chi connectivity index (χ0) is 16.5. The summed E-state index contributed by atoms with van der Waals surface area (Å²) in [6, 6.07) is -0.836. The Labute approximate surface area is 127 Å². The highest BCUT2D eigenvalue weighted by Crippen LogP contribution is 2.30. The Kier molecular flexibility index (Phi) is 4.50. The van der Waals surface area contributed by atoms with Crippen LogP contribution in [0.4, 0.5) is 13.2 Å². The van der Waals surface area contributed by atoms with Gasteiger partial charge >= 0.3 is 6.18 Å². The first-order valence-electron chi connectivity index (χ1n) is 6.30. The molecule has 1 unspecified atom stereocenters. The van der Waals surface area contributed by atoms with Crippen LogP contribution in [-0.4, -0.2) is 40.7 Å². The van der Waals surface area contributed by atoms with E-state index in [0.29, 0.717) is 0 Å². The third-order valence-electron chi connectivity index (χ3n) is 3.14. The van der Waals surface area contributed by atoms with Crippen molar-refractivity contribution in [1.82, 2.24) is 15.2 Å². The summed E-state index contributed by atoms with van der Waals surface area (Å²) in [7, 11) is 1.32. The van der Waals surface area contributed by atoms with Gasteiger partial charge in [-0.25, -0.2) is 4.98 Å². The van der Waals surface area contributed by atoms with E-state index >= 15 is 0 Å². The molecule has 1 fully saturated rings. The smallest absolute Gasteiger partial charge is 0.344 e. The van der Waals surface area contributed by atoms with Gasteiger partial charge in [-0.15, -0.1) is 11.3 Å². The second-order valence-corrected chi connectivity index (χ2v) is 5.69.